The van der Waals surface area contributed by atoms with Crippen molar-refractivity contribution in [1.29, 1.82) is 0 Å². The fourth-order valence-corrected chi connectivity index (χ4v) is 2.91. The molecule has 3 heterocycles. The highest BCUT2D eigenvalue weighted by Gasteiger charge is 2.18. The average molecular weight is 234 g/mol. The summed E-state index contributed by atoms with van der Waals surface area (Å²) < 4.78 is 2.29. The summed E-state index contributed by atoms with van der Waals surface area (Å²) in [6, 6.07) is 0.316. The van der Waals surface area contributed by atoms with Gasteiger partial charge in [-0.15, -0.1) is 0 Å². The minimum absolute atomic E-state index is 0.316. The van der Waals surface area contributed by atoms with Crippen LogP contribution in [0.1, 0.15) is 30.8 Å². The van der Waals surface area contributed by atoms with Crippen LogP contribution in [0.5, 0.6) is 0 Å². The van der Waals surface area contributed by atoms with Crippen molar-refractivity contribution in [1.82, 2.24) is 14.5 Å². The lowest BCUT2D eigenvalue weighted by Gasteiger charge is -2.18. The van der Waals surface area contributed by atoms with Crippen molar-refractivity contribution >= 4 is 0 Å². The van der Waals surface area contributed by atoms with E-state index in [1.165, 1.54) is 44.0 Å². The van der Waals surface area contributed by atoms with E-state index in [0.29, 0.717) is 6.04 Å². The molecule has 1 atom stereocenters. The van der Waals surface area contributed by atoms with Crippen molar-refractivity contribution in [2.24, 2.45) is 5.73 Å². The summed E-state index contributed by atoms with van der Waals surface area (Å²) >= 11 is 0. The Kier molecular flexibility index (Phi) is 3.16. The molecule has 1 aromatic rings. The van der Waals surface area contributed by atoms with Crippen LogP contribution in [0.4, 0.5) is 0 Å². The van der Waals surface area contributed by atoms with Gasteiger partial charge >= 0.3 is 0 Å². The summed E-state index contributed by atoms with van der Waals surface area (Å²) in [7, 11) is 0. The second-order valence-electron chi connectivity index (χ2n) is 5.39. The molecule has 0 amide bonds. The molecule has 4 heteroatoms. The predicted octanol–water partition coefficient (Wildman–Crippen LogP) is 0.795. The molecule has 2 aliphatic heterocycles. The molecule has 0 spiro atoms. The standard InChI is InChI=1S/C13H22N4/c14-11-3-8-17-10-12(15-13(17)9-11)4-7-16-5-1-2-6-16/h10-11H,1-9,14H2. The molecular formula is C13H22N4. The first-order chi connectivity index (χ1) is 8.31. The van der Waals surface area contributed by atoms with Crippen LogP contribution >= 0.6 is 0 Å². The lowest BCUT2D eigenvalue weighted by molar-refractivity contribution is 0.342. The summed E-state index contributed by atoms with van der Waals surface area (Å²) in [5, 5.41) is 0. The van der Waals surface area contributed by atoms with Gasteiger partial charge in [0.15, 0.2) is 0 Å². The van der Waals surface area contributed by atoms with E-state index in [1.807, 2.05) is 0 Å². The van der Waals surface area contributed by atoms with Crippen LogP contribution in [0, 0.1) is 0 Å². The average Bonchev–Trinajstić information content (AvgIpc) is 2.94. The van der Waals surface area contributed by atoms with Gasteiger partial charge in [-0.2, -0.15) is 0 Å². The number of hydrogen-bond donors (Lipinski definition) is 1. The highest BCUT2D eigenvalue weighted by Crippen LogP contribution is 2.15. The van der Waals surface area contributed by atoms with E-state index in [-0.39, 0.29) is 0 Å². The highest BCUT2D eigenvalue weighted by molar-refractivity contribution is 5.08. The first-order valence-electron chi connectivity index (χ1n) is 6.84. The second-order valence-corrected chi connectivity index (χ2v) is 5.39. The molecule has 2 aliphatic rings. The van der Waals surface area contributed by atoms with Crippen LogP contribution in [0.3, 0.4) is 0 Å². The van der Waals surface area contributed by atoms with E-state index >= 15 is 0 Å². The van der Waals surface area contributed by atoms with Crippen LogP contribution < -0.4 is 5.73 Å². The van der Waals surface area contributed by atoms with Gasteiger partial charge in [-0.25, -0.2) is 4.98 Å². The largest absolute Gasteiger partial charge is 0.335 e. The summed E-state index contributed by atoms with van der Waals surface area (Å²) in [5.41, 5.74) is 7.22. The number of hydrogen-bond acceptors (Lipinski definition) is 3. The molecule has 1 fully saturated rings. The van der Waals surface area contributed by atoms with E-state index in [1.54, 1.807) is 0 Å². The van der Waals surface area contributed by atoms with E-state index in [0.717, 1.165) is 25.8 Å². The van der Waals surface area contributed by atoms with Gasteiger partial charge in [0.2, 0.25) is 0 Å². The Labute approximate surface area is 103 Å². The van der Waals surface area contributed by atoms with Crippen LogP contribution in [0.2, 0.25) is 0 Å². The Morgan fingerprint density at radius 1 is 1.29 bits per heavy atom. The number of nitrogens with zero attached hydrogens (tertiary/aromatic N) is 3. The maximum absolute atomic E-state index is 5.97. The van der Waals surface area contributed by atoms with Gasteiger partial charge in [-0.3, -0.25) is 0 Å². The predicted molar refractivity (Wildman–Crippen MR) is 67.9 cm³/mol. The number of imidazole rings is 1. The summed E-state index contributed by atoms with van der Waals surface area (Å²) in [4.78, 5) is 7.26. The Morgan fingerprint density at radius 2 is 2.12 bits per heavy atom. The lowest BCUT2D eigenvalue weighted by atomic mass is 10.1. The third-order valence-corrected chi connectivity index (χ3v) is 3.98. The van der Waals surface area contributed by atoms with Crippen molar-refractivity contribution in [2.75, 3.05) is 19.6 Å². The number of nitrogens with two attached hydrogens (primary N) is 1. The zero-order valence-electron chi connectivity index (χ0n) is 10.4. The fourth-order valence-electron chi connectivity index (χ4n) is 2.91. The number of rotatable bonds is 3. The van der Waals surface area contributed by atoms with E-state index < -0.39 is 0 Å². The normalized spacial score (nSPS) is 25.1. The number of aryl methyl sites for hydroxylation is 1. The monoisotopic (exact) mass is 234 g/mol. The lowest BCUT2D eigenvalue weighted by Crippen LogP contribution is -2.30. The Bertz CT molecular complexity index is 379. The van der Waals surface area contributed by atoms with Crippen LogP contribution in [0.15, 0.2) is 6.20 Å². The van der Waals surface area contributed by atoms with E-state index in [9.17, 15) is 0 Å². The molecule has 0 aliphatic carbocycles. The maximum atomic E-state index is 5.97. The first-order valence-corrected chi connectivity index (χ1v) is 6.84. The van der Waals surface area contributed by atoms with Crippen molar-refractivity contribution in [3.63, 3.8) is 0 Å². The molecule has 1 aromatic heterocycles. The summed E-state index contributed by atoms with van der Waals surface area (Å²) in [5.74, 6) is 1.19. The number of fused-ring (bicyclic) bond motifs is 1. The minimum atomic E-state index is 0.316. The van der Waals surface area contributed by atoms with Crippen LogP contribution in [-0.4, -0.2) is 40.1 Å². The third-order valence-electron chi connectivity index (χ3n) is 3.98. The van der Waals surface area contributed by atoms with E-state index in [2.05, 4.69) is 15.7 Å². The zero-order chi connectivity index (χ0) is 11.7. The summed E-state index contributed by atoms with van der Waals surface area (Å²) in [6.07, 6.45) is 8.11. The Morgan fingerprint density at radius 3 is 2.94 bits per heavy atom. The molecule has 1 saturated heterocycles. The highest BCUT2D eigenvalue weighted by atomic mass is 15.1. The van der Waals surface area contributed by atoms with Crippen molar-refractivity contribution in [2.45, 2.75) is 44.7 Å². The Hall–Kier alpha value is -0.870. The number of aromatic nitrogens is 2. The molecule has 0 radical (unpaired) electrons. The van der Waals surface area contributed by atoms with Gasteiger partial charge in [0, 0.05) is 38.2 Å². The van der Waals surface area contributed by atoms with Gasteiger partial charge in [-0.1, -0.05) is 0 Å². The molecule has 94 valence electrons. The molecule has 0 aromatic carbocycles. The molecule has 0 bridgehead atoms. The Balaban J connectivity index is 1.60. The van der Waals surface area contributed by atoms with Crippen LogP contribution in [-0.2, 0) is 19.4 Å². The van der Waals surface area contributed by atoms with Gasteiger partial charge in [-0.05, 0) is 32.4 Å². The third kappa shape index (κ3) is 2.53. The molecular weight excluding hydrogens is 212 g/mol. The molecule has 2 N–H and O–H groups in total. The van der Waals surface area contributed by atoms with Gasteiger partial charge in [0.1, 0.15) is 5.82 Å². The maximum Gasteiger partial charge on any atom is 0.110 e. The molecule has 3 rings (SSSR count). The summed E-state index contributed by atoms with van der Waals surface area (Å²) in [6.45, 7) is 4.77. The van der Waals surface area contributed by atoms with Gasteiger partial charge in [0.05, 0.1) is 5.69 Å². The molecule has 0 saturated carbocycles. The SMILES string of the molecule is NC1CCn2cc(CCN3CCCC3)nc2C1. The topological polar surface area (TPSA) is 47.1 Å². The molecule has 17 heavy (non-hydrogen) atoms. The second kappa shape index (κ2) is 4.78. The van der Waals surface area contributed by atoms with Crippen molar-refractivity contribution in [3.05, 3.63) is 17.7 Å². The smallest absolute Gasteiger partial charge is 0.110 e. The van der Waals surface area contributed by atoms with Crippen molar-refractivity contribution in [3.8, 4) is 0 Å². The number of likely N-dealkylation sites (tertiary alicyclic amines) is 1. The first kappa shape index (κ1) is 11.2. The van der Waals surface area contributed by atoms with Gasteiger partial charge in [0.25, 0.3) is 0 Å². The quantitative estimate of drug-likeness (QED) is 0.841. The minimum Gasteiger partial charge on any atom is -0.335 e. The molecule has 4 nitrogen and oxygen atoms in total. The van der Waals surface area contributed by atoms with Gasteiger partial charge < -0.3 is 15.2 Å². The molecule has 1 unspecified atom stereocenters. The van der Waals surface area contributed by atoms with Crippen LogP contribution in [0.25, 0.3) is 0 Å². The van der Waals surface area contributed by atoms with Crippen molar-refractivity contribution < 1.29 is 0 Å². The fraction of sp³-hybridized carbons (Fsp3) is 0.769. The zero-order valence-corrected chi connectivity index (χ0v) is 10.4. The van der Waals surface area contributed by atoms with E-state index in [4.69, 9.17) is 10.7 Å².